The van der Waals surface area contributed by atoms with Crippen molar-refractivity contribution in [3.8, 4) is 11.3 Å². The van der Waals surface area contributed by atoms with Gasteiger partial charge in [0.05, 0.1) is 11.2 Å². The molecule has 0 radical (unpaired) electrons. The SMILES string of the molecule is CC(=O)Nc1ccc(NC(=S)Nc2ccc(-c3ccno3)c(Cl)c2)cc1. The summed E-state index contributed by atoms with van der Waals surface area (Å²) in [5.74, 6) is 0.482. The Bertz CT molecular complexity index is 927. The maximum absolute atomic E-state index is 11.0. The van der Waals surface area contributed by atoms with Crippen LogP contribution in [0.25, 0.3) is 11.3 Å². The fraction of sp³-hybridized carbons (Fsp3) is 0.0556. The molecule has 26 heavy (non-hydrogen) atoms. The van der Waals surface area contributed by atoms with Crippen LogP contribution in [0.2, 0.25) is 5.02 Å². The number of carbonyl (C=O) groups excluding carboxylic acids is 1. The summed E-state index contributed by atoms with van der Waals surface area (Å²) in [6.45, 7) is 1.46. The van der Waals surface area contributed by atoms with Crippen molar-refractivity contribution < 1.29 is 9.32 Å². The van der Waals surface area contributed by atoms with E-state index in [4.69, 9.17) is 28.3 Å². The highest BCUT2D eigenvalue weighted by Crippen LogP contribution is 2.30. The van der Waals surface area contributed by atoms with Crippen molar-refractivity contribution in [1.82, 2.24) is 5.16 Å². The molecular formula is C18H15ClN4O2S. The van der Waals surface area contributed by atoms with E-state index in [9.17, 15) is 4.79 Å². The predicted molar refractivity (Wildman–Crippen MR) is 108 cm³/mol. The summed E-state index contributed by atoms with van der Waals surface area (Å²) in [5.41, 5.74) is 3.01. The molecule has 2 aromatic carbocycles. The standard InChI is InChI=1S/C18H15ClN4O2S/c1-11(24)21-12-2-4-13(5-3-12)22-18(26)23-14-6-7-15(16(19)10-14)17-8-9-20-25-17/h2-10H,1H3,(H,21,24)(H2,22,23,26). The minimum Gasteiger partial charge on any atom is -0.356 e. The molecule has 3 aromatic rings. The molecule has 132 valence electrons. The lowest BCUT2D eigenvalue weighted by atomic mass is 10.1. The van der Waals surface area contributed by atoms with Gasteiger partial charge in [-0.3, -0.25) is 4.79 Å². The first-order valence-corrected chi connectivity index (χ1v) is 8.46. The number of anilines is 3. The number of halogens is 1. The number of hydrogen-bond acceptors (Lipinski definition) is 4. The van der Waals surface area contributed by atoms with Crippen LogP contribution in [0.5, 0.6) is 0 Å². The molecule has 3 N–H and O–H groups in total. The Labute approximate surface area is 160 Å². The summed E-state index contributed by atoms with van der Waals surface area (Å²) in [7, 11) is 0. The van der Waals surface area contributed by atoms with Gasteiger partial charge < -0.3 is 20.5 Å². The third-order valence-corrected chi connectivity index (χ3v) is 3.91. The second-order valence-electron chi connectivity index (χ2n) is 5.41. The number of nitrogens with one attached hydrogen (secondary N) is 3. The maximum Gasteiger partial charge on any atom is 0.221 e. The zero-order valence-electron chi connectivity index (χ0n) is 13.7. The molecule has 0 aliphatic heterocycles. The van der Waals surface area contributed by atoms with Crippen LogP contribution in [0, 0.1) is 0 Å². The zero-order chi connectivity index (χ0) is 18.5. The monoisotopic (exact) mass is 386 g/mol. The Morgan fingerprint density at radius 1 is 1.00 bits per heavy atom. The van der Waals surface area contributed by atoms with Gasteiger partial charge in [-0.2, -0.15) is 0 Å². The zero-order valence-corrected chi connectivity index (χ0v) is 15.3. The van der Waals surface area contributed by atoms with Crippen LogP contribution in [0.4, 0.5) is 17.1 Å². The number of carbonyl (C=O) groups is 1. The molecule has 0 saturated carbocycles. The van der Waals surface area contributed by atoms with E-state index in [1.54, 1.807) is 30.5 Å². The van der Waals surface area contributed by atoms with Gasteiger partial charge >= 0.3 is 0 Å². The summed E-state index contributed by atoms with van der Waals surface area (Å²) in [4.78, 5) is 11.0. The van der Waals surface area contributed by atoms with Crippen molar-refractivity contribution >= 4 is 51.9 Å². The molecule has 6 nitrogen and oxygen atoms in total. The van der Waals surface area contributed by atoms with Gasteiger partial charge in [-0.15, -0.1) is 0 Å². The number of rotatable bonds is 4. The topological polar surface area (TPSA) is 79.2 Å². The Morgan fingerprint density at radius 2 is 1.62 bits per heavy atom. The van der Waals surface area contributed by atoms with E-state index in [0.29, 0.717) is 15.9 Å². The molecule has 0 bridgehead atoms. The molecule has 0 aliphatic rings. The lowest BCUT2D eigenvalue weighted by Gasteiger charge is -2.12. The summed E-state index contributed by atoms with van der Waals surface area (Å²) >= 11 is 11.6. The summed E-state index contributed by atoms with van der Waals surface area (Å²) in [6.07, 6.45) is 1.56. The second-order valence-corrected chi connectivity index (χ2v) is 6.22. The molecule has 0 aliphatic carbocycles. The quantitative estimate of drug-likeness (QED) is 0.561. The van der Waals surface area contributed by atoms with Crippen molar-refractivity contribution in [3.63, 3.8) is 0 Å². The Morgan fingerprint density at radius 3 is 2.19 bits per heavy atom. The van der Waals surface area contributed by atoms with E-state index < -0.39 is 0 Å². The highest BCUT2D eigenvalue weighted by Gasteiger charge is 2.09. The number of thiocarbonyl (C=S) groups is 1. The summed E-state index contributed by atoms with van der Waals surface area (Å²) in [6, 6.07) is 14.4. The van der Waals surface area contributed by atoms with E-state index in [0.717, 1.165) is 22.6 Å². The average molecular weight is 387 g/mol. The van der Waals surface area contributed by atoms with Crippen LogP contribution < -0.4 is 16.0 Å². The van der Waals surface area contributed by atoms with Crippen molar-refractivity contribution in [2.24, 2.45) is 0 Å². The van der Waals surface area contributed by atoms with Crippen LogP contribution in [0.1, 0.15) is 6.92 Å². The summed E-state index contributed by atoms with van der Waals surface area (Å²) in [5, 5.41) is 13.5. The third kappa shape index (κ3) is 4.59. The Kier molecular flexibility index (Phi) is 5.50. The smallest absolute Gasteiger partial charge is 0.221 e. The fourth-order valence-corrected chi connectivity index (χ4v) is 2.79. The summed E-state index contributed by atoms with van der Waals surface area (Å²) < 4.78 is 5.11. The van der Waals surface area contributed by atoms with E-state index in [1.807, 2.05) is 24.3 Å². The van der Waals surface area contributed by atoms with Crippen LogP contribution in [-0.2, 0) is 4.79 Å². The molecular weight excluding hydrogens is 372 g/mol. The van der Waals surface area contributed by atoms with Crippen LogP contribution >= 0.6 is 23.8 Å². The van der Waals surface area contributed by atoms with Crippen LogP contribution in [-0.4, -0.2) is 16.2 Å². The first kappa shape index (κ1) is 17.9. The average Bonchev–Trinajstić information content (AvgIpc) is 3.10. The van der Waals surface area contributed by atoms with Gasteiger partial charge in [-0.25, -0.2) is 0 Å². The minimum absolute atomic E-state index is 0.117. The highest BCUT2D eigenvalue weighted by atomic mass is 35.5. The van der Waals surface area contributed by atoms with Crippen molar-refractivity contribution in [3.05, 3.63) is 59.8 Å². The number of nitrogens with zero attached hydrogens (tertiary/aromatic N) is 1. The lowest BCUT2D eigenvalue weighted by molar-refractivity contribution is -0.114. The molecule has 1 heterocycles. The Hall–Kier alpha value is -2.90. The van der Waals surface area contributed by atoms with E-state index >= 15 is 0 Å². The molecule has 0 spiro atoms. The van der Waals surface area contributed by atoms with Crippen LogP contribution in [0.3, 0.4) is 0 Å². The first-order chi connectivity index (χ1) is 12.5. The molecule has 3 rings (SSSR count). The normalized spacial score (nSPS) is 10.2. The molecule has 8 heteroatoms. The van der Waals surface area contributed by atoms with Gasteiger partial charge in [-0.05, 0) is 54.7 Å². The van der Waals surface area contributed by atoms with Gasteiger partial charge in [0.2, 0.25) is 5.91 Å². The van der Waals surface area contributed by atoms with Crippen molar-refractivity contribution in [1.29, 1.82) is 0 Å². The van der Waals surface area contributed by atoms with Gasteiger partial charge in [0.25, 0.3) is 0 Å². The van der Waals surface area contributed by atoms with Gasteiger partial charge in [-0.1, -0.05) is 16.8 Å². The number of hydrogen-bond donors (Lipinski definition) is 3. The molecule has 1 aromatic heterocycles. The first-order valence-electron chi connectivity index (χ1n) is 7.67. The van der Waals surface area contributed by atoms with E-state index in [2.05, 4.69) is 21.1 Å². The highest BCUT2D eigenvalue weighted by molar-refractivity contribution is 7.80. The number of aromatic nitrogens is 1. The second kappa shape index (κ2) is 7.99. The molecule has 1 amide bonds. The van der Waals surface area contributed by atoms with E-state index in [-0.39, 0.29) is 5.91 Å². The largest absolute Gasteiger partial charge is 0.356 e. The molecule has 0 saturated heterocycles. The van der Waals surface area contributed by atoms with Gasteiger partial charge in [0, 0.05) is 35.6 Å². The lowest BCUT2D eigenvalue weighted by Crippen LogP contribution is -2.19. The van der Waals surface area contributed by atoms with Gasteiger partial charge in [0.15, 0.2) is 10.9 Å². The molecule has 0 atom stereocenters. The minimum atomic E-state index is -0.117. The van der Waals surface area contributed by atoms with Crippen LogP contribution in [0.15, 0.2) is 59.3 Å². The number of amides is 1. The van der Waals surface area contributed by atoms with Crippen molar-refractivity contribution in [2.75, 3.05) is 16.0 Å². The van der Waals surface area contributed by atoms with Crippen molar-refractivity contribution in [2.45, 2.75) is 6.92 Å². The molecule has 0 unspecified atom stereocenters. The fourth-order valence-electron chi connectivity index (χ4n) is 2.28. The maximum atomic E-state index is 11.0. The third-order valence-electron chi connectivity index (χ3n) is 3.39. The predicted octanol–water partition coefficient (Wildman–Crippen LogP) is 4.76. The van der Waals surface area contributed by atoms with E-state index in [1.165, 1.54) is 6.92 Å². The van der Waals surface area contributed by atoms with Gasteiger partial charge in [0.1, 0.15) is 0 Å². The number of benzene rings is 2. The molecule has 0 fully saturated rings. The Balaban J connectivity index is 1.63.